The number of carbonyl (C=O) groups excluding carboxylic acids is 1. The zero-order valence-electron chi connectivity index (χ0n) is 26.1. The van der Waals surface area contributed by atoms with Crippen LogP contribution in [-0.2, 0) is 32.1 Å². The third kappa shape index (κ3) is 6.19. The summed E-state index contributed by atoms with van der Waals surface area (Å²) in [6, 6.07) is 0. The predicted octanol–water partition coefficient (Wildman–Crippen LogP) is 0.0243. The van der Waals surface area contributed by atoms with Gasteiger partial charge < -0.3 is 38.7 Å². The van der Waals surface area contributed by atoms with Crippen molar-refractivity contribution in [2.45, 2.75) is 32.0 Å². The molecular weight excluding hydrogens is 568 g/mol. The fourth-order valence-corrected chi connectivity index (χ4v) is 5.89. The molecule has 0 atom stereocenters. The highest BCUT2D eigenvalue weighted by atomic mass is 16.5. The quantitative estimate of drug-likeness (QED) is 0.288. The zero-order chi connectivity index (χ0) is 30.6. The largest absolute Gasteiger partial charge is 0.383 e. The molecule has 0 unspecified atom stereocenters. The Morgan fingerprint density at radius 2 is 1.52 bits per heavy atom. The van der Waals surface area contributed by atoms with Gasteiger partial charge in [-0.2, -0.15) is 9.97 Å². The number of piperidine rings is 1. The van der Waals surface area contributed by atoms with Gasteiger partial charge in [-0.1, -0.05) is 5.21 Å². The summed E-state index contributed by atoms with van der Waals surface area (Å²) in [5.74, 6) is 2.56. The fraction of sp³-hybridized carbons (Fsp3) is 0.679. The minimum absolute atomic E-state index is 0.0353. The summed E-state index contributed by atoms with van der Waals surface area (Å²) in [5.41, 5.74) is 2.31. The van der Waals surface area contributed by atoms with Crippen LogP contribution in [0.15, 0.2) is 6.20 Å². The first-order valence-corrected chi connectivity index (χ1v) is 15.2. The maximum atomic E-state index is 12.9. The molecule has 0 radical (unpaired) electrons. The highest BCUT2D eigenvalue weighted by Gasteiger charge is 2.31. The lowest BCUT2D eigenvalue weighted by Crippen LogP contribution is -2.49. The van der Waals surface area contributed by atoms with Crippen LogP contribution in [0.4, 0.5) is 23.5 Å². The molecule has 6 rings (SSSR count). The van der Waals surface area contributed by atoms with Gasteiger partial charge in [0, 0.05) is 74.2 Å². The molecule has 0 aromatic carbocycles. The zero-order valence-corrected chi connectivity index (χ0v) is 26.1. The van der Waals surface area contributed by atoms with E-state index < -0.39 is 0 Å². The van der Waals surface area contributed by atoms with E-state index in [4.69, 9.17) is 34.1 Å². The number of nitrogens with zero attached hydrogens (tertiary/aromatic N) is 12. The molecule has 0 bridgehead atoms. The average molecular weight is 611 g/mol. The van der Waals surface area contributed by atoms with Crippen molar-refractivity contribution in [3.8, 4) is 0 Å². The minimum Gasteiger partial charge on any atom is -0.383 e. The van der Waals surface area contributed by atoms with E-state index >= 15 is 0 Å². The van der Waals surface area contributed by atoms with Gasteiger partial charge in [-0.3, -0.25) is 4.79 Å². The second kappa shape index (κ2) is 13.4. The molecule has 6 heterocycles. The molecule has 3 aliphatic rings. The van der Waals surface area contributed by atoms with E-state index in [2.05, 4.69) is 25.0 Å². The molecule has 16 nitrogen and oxygen atoms in total. The highest BCUT2D eigenvalue weighted by Crippen LogP contribution is 2.35. The van der Waals surface area contributed by atoms with Gasteiger partial charge in [0.1, 0.15) is 11.0 Å². The number of carbonyl (C=O) groups is 1. The van der Waals surface area contributed by atoms with Crippen molar-refractivity contribution in [2.75, 3.05) is 114 Å². The Morgan fingerprint density at radius 3 is 2.23 bits per heavy atom. The molecule has 0 aliphatic carbocycles. The smallest absolute Gasteiger partial charge is 0.241 e. The number of likely N-dealkylation sites (N-methyl/N-ethyl adjacent to an activating group) is 1. The van der Waals surface area contributed by atoms with Gasteiger partial charge in [0.2, 0.25) is 17.8 Å². The highest BCUT2D eigenvalue weighted by molar-refractivity contribution is 5.96. The summed E-state index contributed by atoms with van der Waals surface area (Å²) >= 11 is 0. The minimum atomic E-state index is 0.0353. The SMILES string of the molecule is COCCN(CCOC)c1nc(N2CCN(C)C(=O)C2)c2nc(N3CCn4nncc4C3)nc(N3CCC(OC)CC3)c2n1. The Kier molecular flexibility index (Phi) is 9.18. The average Bonchev–Trinajstić information content (AvgIpc) is 3.53. The van der Waals surface area contributed by atoms with Crippen LogP contribution in [0.5, 0.6) is 0 Å². The standard InChI is InChI=1S/C28H42N12O4/c1-35-9-10-38(19-22(35)41)26-24-23(30-27(33-26)37(13-15-42-2)14-16-43-3)25(36-7-5-21(44-4)6-8-36)32-28(31-24)39-11-12-40-20(18-39)17-29-34-40/h17,21H,5-16,18-19H2,1-4H3. The van der Waals surface area contributed by atoms with Crippen LogP contribution in [0.3, 0.4) is 0 Å². The Morgan fingerprint density at radius 1 is 0.818 bits per heavy atom. The van der Waals surface area contributed by atoms with Crippen molar-refractivity contribution >= 4 is 40.5 Å². The fourth-order valence-electron chi connectivity index (χ4n) is 5.89. The normalized spacial score (nSPS) is 18.0. The van der Waals surface area contributed by atoms with Gasteiger partial charge in [-0.25, -0.2) is 14.6 Å². The van der Waals surface area contributed by atoms with E-state index in [0.717, 1.165) is 37.4 Å². The van der Waals surface area contributed by atoms with Crippen LogP contribution in [0.1, 0.15) is 18.5 Å². The Balaban J connectivity index is 1.51. The van der Waals surface area contributed by atoms with Gasteiger partial charge in [-0.15, -0.1) is 5.10 Å². The number of hydrogen-bond donors (Lipinski definition) is 0. The molecule has 0 spiro atoms. The lowest BCUT2D eigenvalue weighted by atomic mass is 10.1. The number of anilines is 4. The van der Waals surface area contributed by atoms with Crippen molar-refractivity contribution in [1.29, 1.82) is 0 Å². The lowest BCUT2D eigenvalue weighted by Gasteiger charge is -2.36. The first-order chi connectivity index (χ1) is 21.5. The van der Waals surface area contributed by atoms with E-state index in [1.807, 2.05) is 16.6 Å². The molecule has 2 fully saturated rings. The predicted molar refractivity (Wildman–Crippen MR) is 164 cm³/mol. The molecule has 2 saturated heterocycles. The van der Waals surface area contributed by atoms with Gasteiger partial charge in [-0.05, 0) is 12.8 Å². The molecule has 0 N–H and O–H groups in total. The van der Waals surface area contributed by atoms with Crippen molar-refractivity contribution in [2.24, 2.45) is 0 Å². The van der Waals surface area contributed by atoms with Gasteiger partial charge in [0.05, 0.1) is 50.8 Å². The van der Waals surface area contributed by atoms with Gasteiger partial charge in [0.15, 0.2) is 11.6 Å². The molecule has 44 heavy (non-hydrogen) atoms. The van der Waals surface area contributed by atoms with E-state index in [1.165, 1.54) is 0 Å². The first-order valence-electron chi connectivity index (χ1n) is 15.2. The van der Waals surface area contributed by atoms with Gasteiger partial charge in [0.25, 0.3) is 0 Å². The Labute approximate surface area is 256 Å². The van der Waals surface area contributed by atoms with Crippen molar-refractivity contribution in [3.63, 3.8) is 0 Å². The maximum Gasteiger partial charge on any atom is 0.241 e. The monoisotopic (exact) mass is 610 g/mol. The van der Waals surface area contributed by atoms with Crippen molar-refractivity contribution in [1.82, 2.24) is 39.8 Å². The number of piperazine rings is 1. The number of aromatic nitrogens is 7. The van der Waals surface area contributed by atoms with Crippen LogP contribution >= 0.6 is 0 Å². The van der Waals surface area contributed by atoms with E-state index in [1.54, 1.807) is 32.4 Å². The van der Waals surface area contributed by atoms with Gasteiger partial charge >= 0.3 is 0 Å². The second-order valence-corrected chi connectivity index (χ2v) is 11.4. The van der Waals surface area contributed by atoms with Crippen LogP contribution in [0.25, 0.3) is 11.0 Å². The molecule has 238 valence electrons. The van der Waals surface area contributed by atoms with Crippen LogP contribution in [-0.4, -0.2) is 146 Å². The van der Waals surface area contributed by atoms with E-state index in [0.29, 0.717) is 87.8 Å². The summed E-state index contributed by atoms with van der Waals surface area (Å²) in [7, 11) is 6.96. The molecule has 3 aliphatic heterocycles. The summed E-state index contributed by atoms with van der Waals surface area (Å²) < 4.78 is 18.4. The molecule has 0 saturated carbocycles. The van der Waals surface area contributed by atoms with E-state index in [-0.39, 0.29) is 18.6 Å². The van der Waals surface area contributed by atoms with Crippen LogP contribution in [0, 0.1) is 0 Å². The third-order valence-electron chi connectivity index (χ3n) is 8.64. The molecule has 16 heteroatoms. The third-order valence-corrected chi connectivity index (χ3v) is 8.64. The van der Waals surface area contributed by atoms with Crippen LogP contribution in [0.2, 0.25) is 0 Å². The Bertz CT molecular complexity index is 1440. The lowest BCUT2D eigenvalue weighted by molar-refractivity contribution is -0.129. The van der Waals surface area contributed by atoms with Crippen molar-refractivity contribution < 1.29 is 19.0 Å². The molecule has 3 aromatic heterocycles. The number of hydrogen-bond acceptors (Lipinski definition) is 14. The maximum absolute atomic E-state index is 12.9. The second-order valence-electron chi connectivity index (χ2n) is 11.4. The molecule has 3 aromatic rings. The number of methoxy groups -OCH3 is 3. The summed E-state index contributed by atoms with van der Waals surface area (Å²) in [6.45, 7) is 7.12. The summed E-state index contributed by atoms with van der Waals surface area (Å²) in [6.07, 6.45) is 3.77. The first kappa shape index (κ1) is 30.1. The number of amides is 1. The number of fused-ring (bicyclic) bond motifs is 2. The van der Waals surface area contributed by atoms with Crippen molar-refractivity contribution in [3.05, 3.63) is 11.9 Å². The summed E-state index contributed by atoms with van der Waals surface area (Å²) in [4.78, 5) is 43.8. The number of ether oxygens (including phenoxy) is 3. The molecule has 1 amide bonds. The topological polar surface area (TPSA) is 143 Å². The Hall–Kier alpha value is -3.89. The summed E-state index contributed by atoms with van der Waals surface area (Å²) in [5, 5.41) is 8.28. The van der Waals surface area contributed by atoms with Crippen LogP contribution < -0.4 is 19.6 Å². The van der Waals surface area contributed by atoms with E-state index in [9.17, 15) is 4.79 Å². The molecular formula is C28H42N12O4. The number of rotatable bonds is 11.